The van der Waals surface area contributed by atoms with Gasteiger partial charge in [-0.2, -0.15) is 0 Å². The second-order valence-electron chi connectivity index (χ2n) is 5.52. The Morgan fingerprint density at radius 3 is 2.27 bits per heavy atom. The summed E-state index contributed by atoms with van der Waals surface area (Å²) in [5.41, 5.74) is 0.124. The van der Waals surface area contributed by atoms with Crippen molar-refractivity contribution in [3.63, 3.8) is 0 Å². The maximum atomic E-state index is 12.3. The molecular weight excluding hydrogens is 280 g/mol. The summed E-state index contributed by atoms with van der Waals surface area (Å²) in [6.45, 7) is 4.21. The molecule has 0 aliphatic rings. The summed E-state index contributed by atoms with van der Waals surface area (Å²) in [6.07, 6.45) is 7.00. The first-order valence-corrected chi connectivity index (χ1v) is 8.13. The van der Waals surface area contributed by atoms with Crippen molar-refractivity contribution in [3.05, 3.63) is 35.4 Å². The Morgan fingerprint density at radius 1 is 1.00 bits per heavy atom. The molecule has 0 saturated carbocycles. The van der Waals surface area contributed by atoms with Gasteiger partial charge >= 0.3 is 11.9 Å². The van der Waals surface area contributed by atoms with Gasteiger partial charge in [0, 0.05) is 0 Å². The number of unbranched alkanes of at least 4 members (excludes halogenated alkanes) is 3. The molecule has 0 aromatic heterocycles. The highest BCUT2D eigenvalue weighted by molar-refractivity contribution is 6.02. The van der Waals surface area contributed by atoms with Crippen LogP contribution in [0, 0.1) is 0 Å². The van der Waals surface area contributed by atoms with E-state index < -0.39 is 11.9 Å². The molecule has 22 heavy (non-hydrogen) atoms. The first-order chi connectivity index (χ1) is 10.6. The molecule has 1 N–H and O–H groups in total. The van der Waals surface area contributed by atoms with E-state index in [0.29, 0.717) is 0 Å². The van der Waals surface area contributed by atoms with Gasteiger partial charge < -0.3 is 9.84 Å². The Balaban J connectivity index is 2.68. The van der Waals surface area contributed by atoms with Gasteiger partial charge in [0.2, 0.25) is 0 Å². The number of hydrogen-bond acceptors (Lipinski definition) is 3. The quantitative estimate of drug-likeness (QED) is 0.503. The molecule has 0 fully saturated rings. The minimum absolute atomic E-state index is 0.00580. The Bertz CT molecular complexity index is 482. The zero-order chi connectivity index (χ0) is 16.4. The highest BCUT2D eigenvalue weighted by Gasteiger charge is 2.20. The van der Waals surface area contributed by atoms with Gasteiger partial charge in [0.15, 0.2) is 0 Å². The van der Waals surface area contributed by atoms with E-state index in [1.54, 1.807) is 12.1 Å². The Labute approximate surface area is 132 Å². The minimum atomic E-state index is -1.11. The van der Waals surface area contributed by atoms with Crippen LogP contribution in [-0.2, 0) is 4.74 Å². The number of carboxylic acid groups (broad SMARTS) is 1. The summed E-state index contributed by atoms with van der Waals surface area (Å²) in [4.78, 5) is 23.4. The summed E-state index contributed by atoms with van der Waals surface area (Å²) >= 11 is 0. The van der Waals surface area contributed by atoms with E-state index in [4.69, 9.17) is 9.84 Å². The largest absolute Gasteiger partial charge is 0.478 e. The second-order valence-corrected chi connectivity index (χ2v) is 5.52. The molecule has 122 valence electrons. The molecule has 1 aromatic carbocycles. The zero-order valence-corrected chi connectivity index (χ0v) is 13.5. The third kappa shape index (κ3) is 5.88. The van der Waals surface area contributed by atoms with Crippen LogP contribution in [0.5, 0.6) is 0 Å². The van der Waals surface area contributed by atoms with Crippen LogP contribution in [0.2, 0.25) is 0 Å². The van der Waals surface area contributed by atoms with Crippen LogP contribution in [0.25, 0.3) is 0 Å². The molecule has 1 atom stereocenters. The Kier molecular flexibility index (Phi) is 8.26. The SMILES string of the molecule is CCCCCCC(CCC)OC(=O)c1ccccc1C(=O)O. The maximum Gasteiger partial charge on any atom is 0.339 e. The number of esters is 1. The molecule has 1 unspecified atom stereocenters. The normalized spacial score (nSPS) is 11.9. The van der Waals surface area contributed by atoms with Crippen LogP contribution in [0.4, 0.5) is 0 Å². The summed E-state index contributed by atoms with van der Waals surface area (Å²) in [5, 5.41) is 9.14. The maximum absolute atomic E-state index is 12.3. The molecule has 0 heterocycles. The van der Waals surface area contributed by atoms with E-state index in [9.17, 15) is 9.59 Å². The Morgan fingerprint density at radius 2 is 1.68 bits per heavy atom. The first kappa shape index (κ1) is 18.2. The van der Waals surface area contributed by atoms with Crippen molar-refractivity contribution in [1.29, 1.82) is 0 Å². The summed E-state index contributed by atoms with van der Waals surface area (Å²) in [5.74, 6) is -1.64. The van der Waals surface area contributed by atoms with Gasteiger partial charge in [-0.1, -0.05) is 51.7 Å². The van der Waals surface area contributed by atoms with Crippen molar-refractivity contribution in [1.82, 2.24) is 0 Å². The van der Waals surface area contributed by atoms with Gasteiger partial charge in [0.25, 0.3) is 0 Å². The number of benzene rings is 1. The topological polar surface area (TPSA) is 63.6 Å². The molecule has 1 aromatic rings. The van der Waals surface area contributed by atoms with Gasteiger partial charge in [-0.25, -0.2) is 9.59 Å². The molecule has 4 nitrogen and oxygen atoms in total. The monoisotopic (exact) mass is 306 g/mol. The first-order valence-electron chi connectivity index (χ1n) is 8.13. The summed E-state index contributed by atoms with van der Waals surface area (Å²) < 4.78 is 5.55. The van der Waals surface area contributed by atoms with E-state index in [2.05, 4.69) is 13.8 Å². The van der Waals surface area contributed by atoms with Crippen molar-refractivity contribution in [2.75, 3.05) is 0 Å². The average molecular weight is 306 g/mol. The highest BCUT2D eigenvalue weighted by Crippen LogP contribution is 2.17. The molecule has 0 aliphatic carbocycles. The Hall–Kier alpha value is -1.84. The third-order valence-electron chi connectivity index (χ3n) is 3.64. The van der Waals surface area contributed by atoms with Crippen LogP contribution in [-0.4, -0.2) is 23.1 Å². The average Bonchev–Trinajstić information content (AvgIpc) is 2.51. The van der Waals surface area contributed by atoms with Crippen LogP contribution >= 0.6 is 0 Å². The molecular formula is C18H26O4. The number of rotatable bonds is 10. The summed E-state index contributed by atoms with van der Waals surface area (Å²) in [7, 11) is 0. The molecule has 0 spiro atoms. The van der Waals surface area contributed by atoms with Crippen LogP contribution in [0.15, 0.2) is 24.3 Å². The van der Waals surface area contributed by atoms with E-state index in [1.165, 1.54) is 25.0 Å². The fourth-order valence-corrected chi connectivity index (χ4v) is 2.45. The highest BCUT2D eigenvalue weighted by atomic mass is 16.5. The van der Waals surface area contributed by atoms with E-state index in [1.807, 2.05) is 0 Å². The van der Waals surface area contributed by atoms with Crippen molar-refractivity contribution in [2.45, 2.75) is 64.9 Å². The molecule has 0 bridgehead atoms. The molecule has 1 rings (SSSR count). The standard InChI is InChI=1S/C18H26O4/c1-3-5-6-7-11-14(10-4-2)22-18(21)16-13-9-8-12-15(16)17(19)20/h8-9,12-14H,3-7,10-11H2,1-2H3,(H,19,20). The molecule has 0 amide bonds. The molecule has 0 aliphatic heterocycles. The second kappa shape index (κ2) is 9.98. The van der Waals surface area contributed by atoms with E-state index >= 15 is 0 Å². The number of carboxylic acids is 1. The predicted molar refractivity (Wildman–Crippen MR) is 86.3 cm³/mol. The third-order valence-corrected chi connectivity index (χ3v) is 3.64. The lowest BCUT2D eigenvalue weighted by Crippen LogP contribution is -2.20. The number of hydrogen-bond donors (Lipinski definition) is 1. The van der Waals surface area contributed by atoms with Crippen molar-refractivity contribution in [2.24, 2.45) is 0 Å². The van der Waals surface area contributed by atoms with Crippen LogP contribution in [0.1, 0.15) is 79.5 Å². The van der Waals surface area contributed by atoms with Crippen molar-refractivity contribution in [3.8, 4) is 0 Å². The number of aromatic carboxylic acids is 1. The van der Waals surface area contributed by atoms with Gasteiger partial charge in [-0.05, 0) is 31.4 Å². The smallest absolute Gasteiger partial charge is 0.339 e. The van der Waals surface area contributed by atoms with Gasteiger partial charge in [-0.3, -0.25) is 0 Å². The fourth-order valence-electron chi connectivity index (χ4n) is 2.45. The lowest BCUT2D eigenvalue weighted by atomic mass is 10.0. The van der Waals surface area contributed by atoms with E-state index in [0.717, 1.165) is 32.1 Å². The number of ether oxygens (including phenoxy) is 1. The lowest BCUT2D eigenvalue weighted by Gasteiger charge is -2.18. The molecule has 0 radical (unpaired) electrons. The van der Waals surface area contributed by atoms with E-state index in [-0.39, 0.29) is 17.2 Å². The van der Waals surface area contributed by atoms with Crippen molar-refractivity contribution >= 4 is 11.9 Å². The number of carbonyl (C=O) groups excluding carboxylic acids is 1. The van der Waals surface area contributed by atoms with Crippen LogP contribution in [0.3, 0.4) is 0 Å². The molecule has 4 heteroatoms. The molecule has 0 saturated heterocycles. The zero-order valence-electron chi connectivity index (χ0n) is 13.5. The van der Waals surface area contributed by atoms with Gasteiger partial charge in [0.1, 0.15) is 6.10 Å². The fraction of sp³-hybridized carbons (Fsp3) is 0.556. The van der Waals surface area contributed by atoms with Crippen LogP contribution < -0.4 is 0 Å². The number of carbonyl (C=O) groups is 2. The lowest BCUT2D eigenvalue weighted by molar-refractivity contribution is 0.0249. The minimum Gasteiger partial charge on any atom is -0.478 e. The van der Waals surface area contributed by atoms with Crippen molar-refractivity contribution < 1.29 is 19.4 Å². The predicted octanol–water partition coefficient (Wildman–Crippen LogP) is 4.68. The summed E-state index contributed by atoms with van der Waals surface area (Å²) in [6, 6.07) is 6.19. The van der Waals surface area contributed by atoms with Gasteiger partial charge in [-0.15, -0.1) is 0 Å². The van der Waals surface area contributed by atoms with Gasteiger partial charge in [0.05, 0.1) is 11.1 Å².